The highest BCUT2D eigenvalue weighted by Gasteiger charge is 2.44. The Bertz CT molecular complexity index is 732. The predicted octanol–water partition coefficient (Wildman–Crippen LogP) is 3.18. The Labute approximate surface area is 150 Å². The minimum Gasteiger partial charge on any atom is -0.414 e. The Morgan fingerprint density at radius 1 is 1.48 bits per heavy atom. The average molecular weight is 367 g/mol. The van der Waals surface area contributed by atoms with Crippen molar-refractivity contribution in [2.75, 3.05) is 6.61 Å². The molecule has 1 saturated heterocycles. The third-order valence-electron chi connectivity index (χ3n) is 5.41. The van der Waals surface area contributed by atoms with Crippen molar-refractivity contribution >= 4 is 8.32 Å². The Balaban J connectivity index is 2.17. The lowest BCUT2D eigenvalue weighted by Gasteiger charge is -2.39. The van der Waals surface area contributed by atoms with E-state index in [4.69, 9.17) is 9.16 Å². The summed E-state index contributed by atoms with van der Waals surface area (Å²) in [6.07, 6.45) is 5.07. The van der Waals surface area contributed by atoms with Crippen LogP contribution in [0.15, 0.2) is 34.5 Å². The molecule has 1 aromatic rings. The molecule has 2 atom stereocenters. The highest BCUT2D eigenvalue weighted by atomic mass is 28.4. The summed E-state index contributed by atoms with van der Waals surface area (Å²) in [6, 6.07) is 1.34. The summed E-state index contributed by atoms with van der Waals surface area (Å²) in [7, 11) is -1.90. The highest BCUT2D eigenvalue weighted by Crippen LogP contribution is 2.42. The lowest BCUT2D eigenvalue weighted by Crippen LogP contribution is -2.46. The lowest BCUT2D eigenvalue weighted by atomic mass is 9.97. The monoisotopic (exact) mass is 366 g/mol. The fourth-order valence-electron chi connectivity index (χ4n) is 2.75. The molecule has 1 N–H and O–H groups in total. The van der Waals surface area contributed by atoms with Gasteiger partial charge in [0.2, 0.25) is 0 Å². The maximum Gasteiger partial charge on any atom is 0.330 e. The smallest absolute Gasteiger partial charge is 0.330 e. The molecule has 2 rings (SSSR count). The quantitative estimate of drug-likeness (QED) is 0.620. The SMILES string of the molecule is C=CC[C@@]1(CO[Si](C)(C)C(C)(C)C)CC[C@H](n2ccc(=O)[nH]c2=O)O1. The molecule has 0 radical (unpaired) electrons. The van der Waals surface area contributed by atoms with E-state index in [1.54, 1.807) is 0 Å². The normalized spacial score (nSPS) is 24.4. The summed E-state index contributed by atoms with van der Waals surface area (Å²) in [5.41, 5.74) is -1.33. The second-order valence-electron chi connectivity index (χ2n) is 8.35. The van der Waals surface area contributed by atoms with E-state index in [1.807, 2.05) is 6.08 Å². The fourth-order valence-corrected chi connectivity index (χ4v) is 3.81. The third-order valence-corrected chi connectivity index (χ3v) is 9.89. The van der Waals surface area contributed by atoms with Crippen molar-refractivity contribution < 1.29 is 9.16 Å². The van der Waals surface area contributed by atoms with Gasteiger partial charge in [-0.1, -0.05) is 26.8 Å². The fraction of sp³-hybridized carbons (Fsp3) is 0.667. The maximum atomic E-state index is 12.0. The van der Waals surface area contributed by atoms with Crippen molar-refractivity contribution in [3.05, 3.63) is 45.8 Å². The highest BCUT2D eigenvalue weighted by molar-refractivity contribution is 6.74. The number of nitrogens with zero attached hydrogens (tertiary/aromatic N) is 1. The van der Waals surface area contributed by atoms with Crippen LogP contribution in [0.2, 0.25) is 18.1 Å². The first-order valence-electron chi connectivity index (χ1n) is 8.74. The predicted molar refractivity (Wildman–Crippen MR) is 101 cm³/mol. The topological polar surface area (TPSA) is 73.3 Å². The van der Waals surface area contributed by atoms with Gasteiger partial charge in [-0.3, -0.25) is 14.3 Å². The van der Waals surface area contributed by atoms with Gasteiger partial charge in [-0.15, -0.1) is 6.58 Å². The number of aromatic amines is 1. The largest absolute Gasteiger partial charge is 0.414 e. The number of hydrogen-bond donors (Lipinski definition) is 1. The molecule has 0 saturated carbocycles. The zero-order valence-electron chi connectivity index (χ0n) is 15.9. The van der Waals surface area contributed by atoms with Gasteiger partial charge in [0.25, 0.3) is 5.56 Å². The summed E-state index contributed by atoms with van der Waals surface area (Å²) < 4.78 is 14.1. The van der Waals surface area contributed by atoms with Crippen molar-refractivity contribution in [2.45, 2.75) is 70.0 Å². The molecule has 140 valence electrons. The van der Waals surface area contributed by atoms with Gasteiger partial charge in [-0.2, -0.15) is 0 Å². The van der Waals surface area contributed by atoms with E-state index in [0.29, 0.717) is 19.4 Å². The van der Waals surface area contributed by atoms with Crippen LogP contribution >= 0.6 is 0 Å². The van der Waals surface area contributed by atoms with Gasteiger partial charge < -0.3 is 9.16 Å². The van der Waals surface area contributed by atoms with Crippen LogP contribution in [0.3, 0.4) is 0 Å². The molecule has 0 unspecified atom stereocenters. The molecule has 2 heterocycles. The van der Waals surface area contributed by atoms with E-state index < -0.39 is 31.4 Å². The van der Waals surface area contributed by atoms with Crippen LogP contribution in [0.4, 0.5) is 0 Å². The first-order chi connectivity index (χ1) is 11.5. The van der Waals surface area contributed by atoms with Gasteiger partial charge >= 0.3 is 5.69 Å². The minimum absolute atomic E-state index is 0.121. The number of aromatic nitrogens is 2. The van der Waals surface area contributed by atoms with Crippen LogP contribution < -0.4 is 11.2 Å². The molecule has 25 heavy (non-hydrogen) atoms. The van der Waals surface area contributed by atoms with E-state index >= 15 is 0 Å². The molecule has 7 heteroatoms. The number of nitrogens with one attached hydrogen (secondary N) is 1. The average Bonchev–Trinajstić information content (AvgIpc) is 2.89. The van der Waals surface area contributed by atoms with Crippen LogP contribution in [0.25, 0.3) is 0 Å². The number of H-pyrrole nitrogens is 1. The summed E-state index contributed by atoms with van der Waals surface area (Å²) in [5.74, 6) is 0. The van der Waals surface area contributed by atoms with Gasteiger partial charge in [0.05, 0.1) is 12.2 Å². The maximum absolute atomic E-state index is 12.0. The Morgan fingerprint density at radius 2 is 2.16 bits per heavy atom. The van der Waals surface area contributed by atoms with E-state index in [1.165, 1.54) is 16.8 Å². The number of ether oxygens (including phenoxy) is 1. The molecule has 1 fully saturated rings. The van der Waals surface area contributed by atoms with Crippen LogP contribution in [-0.2, 0) is 9.16 Å². The van der Waals surface area contributed by atoms with Crippen molar-refractivity contribution in [2.24, 2.45) is 0 Å². The van der Waals surface area contributed by atoms with E-state index in [-0.39, 0.29) is 5.04 Å². The molecule has 6 nitrogen and oxygen atoms in total. The first kappa shape index (κ1) is 19.9. The zero-order chi connectivity index (χ0) is 18.9. The van der Waals surface area contributed by atoms with Gasteiger partial charge in [0.1, 0.15) is 6.23 Å². The number of rotatable bonds is 6. The second-order valence-corrected chi connectivity index (χ2v) is 13.2. The molecule has 0 amide bonds. The molecular weight excluding hydrogens is 336 g/mol. The lowest BCUT2D eigenvalue weighted by molar-refractivity contribution is -0.0945. The van der Waals surface area contributed by atoms with Crippen LogP contribution in [0.1, 0.15) is 46.3 Å². The minimum atomic E-state index is -1.90. The van der Waals surface area contributed by atoms with Crippen molar-refractivity contribution in [3.63, 3.8) is 0 Å². The van der Waals surface area contributed by atoms with Crippen LogP contribution in [0.5, 0.6) is 0 Å². The molecule has 1 aliphatic rings. The molecule has 0 aliphatic carbocycles. The van der Waals surface area contributed by atoms with Crippen molar-refractivity contribution in [1.82, 2.24) is 9.55 Å². The van der Waals surface area contributed by atoms with Crippen molar-refractivity contribution in [3.8, 4) is 0 Å². The summed E-state index contributed by atoms with van der Waals surface area (Å²) in [5, 5.41) is 0.121. The van der Waals surface area contributed by atoms with Crippen LogP contribution in [0, 0.1) is 0 Å². The van der Waals surface area contributed by atoms with E-state index in [0.717, 1.165) is 6.42 Å². The van der Waals surface area contributed by atoms with Gasteiger partial charge in [-0.25, -0.2) is 4.79 Å². The van der Waals surface area contributed by atoms with E-state index in [2.05, 4.69) is 45.4 Å². The Kier molecular flexibility index (Phi) is 5.61. The van der Waals surface area contributed by atoms with Gasteiger partial charge in [0.15, 0.2) is 8.32 Å². The van der Waals surface area contributed by atoms with E-state index in [9.17, 15) is 9.59 Å². The van der Waals surface area contributed by atoms with Gasteiger partial charge in [0, 0.05) is 12.3 Å². The standard InChI is InChI=1S/C18H30N2O4Si/c1-7-10-18(13-23-25(5,6)17(2,3)4)11-8-15(24-18)20-12-9-14(21)19-16(20)22/h7,9,12,15H,1,8,10-11,13H2,2-6H3,(H,19,21,22)/t15-,18+/m1/s1. The number of hydrogen-bond acceptors (Lipinski definition) is 4. The molecule has 1 aliphatic heterocycles. The van der Waals surface area contributed by atoms with Gasteiger partial charge in [-0.05, 0) is 37.4 Å². The molecule has 0 bridgehead atoms. The summed E-state index contributed by atoms with van der Waals surface area (Å²) >= 11 is 0. The summed E-state index contributed by atoms with van der Waals surface area (Å²) in [6.45, 7) is 15.4. The molecule has 0 aromatic carbocycles. The molecular formula is C18H30N2O4Si. The third kappa shape index (κ3) is 4.40. The molecule has 1 aromatic heterocycles. The van der Waals surface area contributed by atoms with Crippen molar-refractivity contribution in [1.29, 1.82) is 0 Å². The first-order valence-corrected chi connectivity index (χ1v) is 11.6. The Morgan fingerprint density at radius 3 is 2.72 bits per heavy atom. The second kappa shape index (κ2) is 7.05. The molecule has 0 spiro atoms. The summed E-state index contributed by atoms with van der Waals surface area (Å²) in [4.78, 5) is 25.6. The Hall–Kier alpha value is -1.44. The van der Waals surface area contributed by atoms with Crippen LogP contribution in [-0.4, -0.2) is 30.1 Å². The zero-order valence-corrected chi connectivity index (χ0v) is 16.9.